The number of nitriles is 1. The molecule has 3 N–H and O–H groups in total. The van der Waals surface area contributed by atoms with E-state index in [2.05, 4.69) is 28.9 Å². The van der Waals surface area contributed by atoms with Gasteiger partial charge >= 0.3 is 5.97 Å². The molecule has 1 fully saturated rings. The van der Waals surface area contributed by atoms with Crippen molar-refractivity contribution < 1.29 is 23.9 Å². The van der Waals surface area contributed by atoms with Crippen LogP contribution in [0.1, 0.15) is 77.8 Å². The number of cyclic esters (lactones) is 1. The average molecular weight is 513 g/mol. The Morgan fingerprint density at radius 2 is 1.78 bits per heavy atom. The van der Waals surface area contributed by atoms with E-state index in [0.29, 0.717) is 17.5 Å². The van der Waals surface area contributed by atoms with E-state index in [1.54, 1.807) is 24.3 Å². The van der Waals surface area contributed by atoms with Crippen LogP contribution in [0.2, 0.25) is 0 Å². The second-order valence-electron chi connectivity index (χ2n) is 10.4. The summed E-state index contributed by atoms with van der Waals surface area (Å²) in [6.07, 6.45) is 2.35. The summed E-state index contributed by atoms with van der Waals surface area (Å²) in [5, 5.41) is 17.4. The van der Waals surface area contributed by atoms with Gasteiger partial charge in [-0.1, -0.05) is 52.7 Å². The largest absolute Gasteiger partial charge is 0.460 e. The Hall–Kier alpha value is -3.41. The van der Waals surface area contributed by atoms with Crippen molar-refractivity contribution in [3.63, 3.8) is 0 Å². The van der Waals surface area contributed by atoms with E-state index in [1.165, 1.54) is 6.92 Å². The Bertz CT molecular complexity index is 1000. The molecule has 1 aromatic rings. The SMILES string of the molecule is CCCC[C@H](C)[C@H]1CC(=O)N[C@H](Cc2cccc(C#N)c2)C(=O)N[C@@H](C)C(=O)N[C@H](CC(C)C)C(=O)O1. The van der Waals surface area contributed by atoms with Gasteiger partial charge in [0, 0.05) is 6.42 Å². The predicted octanol–water partition coefficient (Wildman–Crippen LogP) is 2.76. The van der Waals surface area contributed by atoms with Crippen LogP contribution >= 0.6 is 0 Å². The van der Waals surface area contributed by atoms with Crippen molar-refractivity contribution in [1.82, 2.24) is 16.0 Å². The molecule has 0 saturated carbocycles. The van der Waals surface area contributed by atoms with E-state index >= 15 is 0 Å². The summed E-state index contributed by atoms with van der Waals surface area (Å²) in [6, 6.07) is 6.05. The smallest absolute Gasteiger partial charge is 0.328 e. The lowest BCUT2D eigenvalue weighted by Crippen LogP contribution is -2.55. The van der Waals surface area contributed by atoms with Crippen molar-refractivity contribution in [2.45, 2.75) is 97.4 Å². The van der Waals surface area contributed by atoms with Crippen molar-refractivity contribution in [2.75, 3.05) is 0 Å². The number of rotatable bonds is 8. The van der Waals surface area contributed by atoms with E-state index in [4.69, 9.17) is 4.74 Å². The van der Waals surface area contributed by atoms with Gasteiger partial charge in [-0.3, -0.25) is 14.4 Å². The number of hydrogen-bond acceptors (Lipinski definition) is 6. The molecule has 0 aliphatic carbocycles. The number of ether oxygens (including phenoxy) is 1. The third-order valence-corrected chi connectivity index (χ3v) is 6.51. The van der Waals surface area contributed by atoms with Gasteiger partial charge in [-0.15, -0.1) is 0 Å². The molecule has 202 valence electrons. The zero-order valence-electron chi connectivity index (χ0n) is 22.5. The molecule has 3 amide bonds. The maximum atomic E-state index is 13.2. The number of amides is 3. The van der Waals surface area contributed by atoms with Crippen LogP contribution in [-0.2, 0) is 30.3 Å². The molecule has 1 aliphatic rings. The third kappa shape index (κ3) is 9.52. The summed E-state index contributed by atoms with van der Waals surface area (Å²) < 4.78 is 5.85. The van der Waals surface area contributed by atoms with Crippen LogP contribution in [0.4, 0.5) is 0 Å². The number of nitrogens with one attached hydrogen (secondary N) is 3. The normalized spacial score (nSPS) is 24.4. The highest BCUT2D eigenvalue weighted by Crippen LogP contribution is 2.21. The molecular formula is C28H40N4O5. The lowest BCUT2D eigenvalue weighted by atomic mass is 9.94. The highest BCUT2D eigenvalue weighted by Gasteiger charge is 2.33. The molecule has 9 nitrogen and oxygen atoms in total. The van der Waals surface area contributed by atoms with E-state index < -0.39 is 47.9 Å². The highest BCUT2D eigenvalue weighted by atomic mass is 16.5. The van der Waals surface area contributed by atoms with Crippen molar-refractivity contribution in [2.24, 2.45) is 11.8 Å². The van der Waals surface area contributed by atoms with Crippen molar-refractivity contribution in [1.29, 1.82) is 5.26 Å². The lowest BCUT2D eigenvalue weighted by molar-refractivity contribution is -0.157. The Labute approximate surface area is 219 Å². The van der Waals surface area contributed by atoms with Gasteiger partial charge in [0.25, 0.3) is 0 Å². The summed E-state index contributed by atoms with van der Waals surface area (Å²) in [6.45, 7) is 9.40. The minimum absolute atomic E-state index is 0.0892. The van der Waals surface area contributed by atoms with Gasteiger partial charge in [-0.2, -0.15) is 5.26 Å². The molecule has 2 rings (SSSR count). The Morgan fingerprint density at radius 3 is 2.43 bits per heavy atom. The van der Waals surface area contributed by atoms with Crippen LogP contribution in [0.5, 0.6) is 0 Å². The van der Waals surface area contributed by atoms with Gasteiger partial charge < -0.3 is 20.7 Å². The standard InChI is InChI=1S/C28H40N4O5/c1-6-7-9-18(4)24-15-25(33)31-22(14-20-10-8-11-21(13-20)16-29)27(35)30-19(5)26(34)32-23(12-17(2)3)28(36)37-24/h8,10-11,13,17-19,22-24H,6-7,9,12,14-15H2,1-5H3,(H,30,35)(H,31,33)(H,32,34)/t18-,19-,22+,23+,24+/m0/s1. The van der Waals surface area contributed by atoms with Gasteiger partial charge in [0.05, 0.1) is 18.1 Å². The summed E-state index contributed by atoms with van der Waals surface area (Å²) in [5.74, 6) is -2.03. The number of nitrogens with zero attached hydrogens (tertiary/aromatic N) is 1. The van der Waals surface area contributed by atoms with Gasteiger partial charge in [0.15, 0.2) is 0 Å². The summed E-state index contributed by atoms with van der Waals surface area (Å²) in [7, 11) is 0. The lowest BCUT2D eigenvalue weighted by Gasteiger charge is -2.27. The molecule has 0 spiro atoms. The van der Waals surface area contributed by atoms with E-state index in [1.807, 2.05) is 20.8 Å². The second kappa shape index (κ2) is 14.4. The van der Waals surface area contributed by atoms with Crippen LogP contribution in [0.15, 0.2) is 24.3 Å². The van der Waals surface area contributed by atoms with E-state index in [0.717, 1.165) is 19.3 Å². The number of carbonyl (C=O) groups is 4. The zero-order chi connectivity index (χ0) is 27.5. The van der Waals surface area contributed by atoms with Crippen LogP contribution in [0.3, 0.4) is 0 Å². The molecule has 9 heteroatoms. The number of benzene rings is 1. The van der Waals surface area contributed by atoms with Crippen LogP contribution in [0.25, 0.3) is 0 Å². The fourth-order valence-corrected chi connectivity index (χ4v) is 4.31. The van der Waals surface area contributed by atoms with Crippen LogP contribution in [-0.4, -0.2) is 47.9 Å². The average Bonchev–Trinajstić information content (AvgIpc) is 2.85. The minimum atomic E-state index is -0.980. The van der Waals surface area contributed by atoms with E-state index in [9.17, 15) is 24.4 Å². The second-order valence-corrected chi connectivity index (χ2v) is 10.4. The number of unbranched alkanes of at least 4 members (excludes halogenated alkanes) is 1. The fraction of sp³-hybridized carbons (Fsp3) is 0.607. The molecule has 1 aromatic carbocycles. The highest BCUT2D eigenvalue weighted by molar-refractivity contribution is 5.94. The predicted molar refractivity (Wildman–Crippen MR) is 139 cm³/mol. The summed E-state index contributed by atoms with van der Waals surface area (Å²) in [5.41, 5.74) is 1.13. The first kappa shape index (κ1) is 29.8. The zero-order valence-corrected chi connectivity index (χ0v) is 22.5. The maximum absolute atomic E-state index is 13.2. The molecule has 0 unspecified atom stereocenters. The molecule has 0 aromatic heterocycles. The molecule has 0 radical (unpaired) electrons. The van der Waals surface area contributed by atoms with Gasteiger partial charge in [0.1, 0.15) is 24.2 Å². The molecule has 1 aliphatic heterocycles. The van der Waals surface area contributed by atoms with Gasteiger partial charge in [0.2, 0.25) is 17.7 Å². The number of hydrogen-bond donors (Lipinski definition) is 3. The molecule has 1 heterocycles. The van der Waals surface area contributed by atoms with Crippen LogP contribution in [0, 0.1) is 23.2 Å². The van der Waals surface area contributed by atoms with Crippen molar-refractivity contribution in [3.05, 3.63) is 35.4 Å². The monoisotopic (exact) mass is 512 g/mol. The Morgan fingerprint density at radius 1 is 1.05 bits per heavy atom. The molecule has 5 atom stereocenters. The van der Waals surface area contributed by atoms with Gasteiger partial charge in [-0.25, -0.2) is 4.79 Å². The Balaban J connectivity index is 2.38. The van der Waals surface area contributed by atoms with Crippen molar-refractivity contribution in [3.8, 4) is 6.07 Å². The molecule has 0 bridgehead atoms. The molecule has 1 saturated heterocycles. The first-order valence-corrected chi connectivity index (χ1v) is 13.1. The maximum Gasteiger partial charge on any atom is 0.328 e. The number of esters is 1. The minimum Gasteiger partial charge on any atom is -0.460 e. The summed E-state index contributed by atoms with van der Waals surface area (Å²) in [4.78, 5) is 52.4. The first-order valence-electron chi connectivity index (χ1n) is 13.1. The molecule has 37 heavy (non-hydrogen) atoms. The van der Waals surface area contributed by atoms with Gasteiger partial charge in [-0.05, 0) is 49.3 Å². The molecular weight excluding hydrogens is 472 g/mol. The van der Waals surface area contributed by atoms with Crippen molar-refractivity contribution >= 4 is 23.7 Å². The van der Waals surface area contributed by atoms with E-state index in [-0.39, 0.29) is 24.7 Å². The third-order valence-electron chi connectivity index (χ3n) is 6.51. The summed E-state index contributed by atoms with van der Waals surface area (Å²) >= 11 is 0. The number of carbonyl (C=O) groups excluding carboxylic acids is 4. The topological polar surface area (TPSA) is 137 Å². The first-order chi connectivity index (χ1) is 17.5. The fourth-order valence-electron chi connectivity index (χ4n) is 4.31. The van der Waals surface area contributed by atoms with Crippen LogP contribution < -0.4 is 16.0 Å². The quantitative estimate of drug-likeness (QED) is 0.458. The Kier molecular flexibility index (Phi) is 11.6.